The highest BCUT2D eigenvalue weighted by molar-refractivity contribution is 5.97. The van der Waals surface area contributed by atoms with E-state index >= 15 is 0 Å². The van der Waals surface area contributed by atoms with Crippen molar-refractivity contribution in [3.8, 4) is 6.07 Å². The number of Topliss-reactive ketones (excluding diaryl/α,β-unsaturated/α-hetero) is 1. The lowest BCUT2D eigenvalue weighted by atomic mass is 9.88. The molecule has 2 aromatic rings. The Labute approximate surface area is 149 Å². The number of alkyl halides is 3. The first-order valence-corrected chi connectivity index (χ1v) is 8.35. The van der Waals surface area contributed by atoms with Crippen LogP contribution in [0.25, 0.3) is 0 Å². The third-order valence-electron chi connectivity index (χ3n) is 4.72. The van der Waals surface area contributed by atoms with Crippen LogP contribution < -0.4 is 4.90 Å². The van der Waals surface area contributed by atoms with E-state index in [1.54, 1.807) is 18.2 Å². The lowest BCUT2D eigenvalue weighted by molar-refractivity contribution is -0.137. The molecular weight excluding hydrogens is 341 g/mol. The van der Waals surface area contributed by atoms with Gasteiger partial charge in [0.25, 0.3) is 0 Å². The summed E-state index contributed by atoms with van der Waals surface area (Å²) in [5.41, 5.74) is -0.194. The summed E-state index contributed by atoms with van der Waals surface area (Å²) in [6.07, 6.45) is -3.38. The fraction of sp³-hybridized carbons (Fsp3) is 0.300. The van der Waals surface area contributed by atoms with Crippen LogP contribution in [0.3, 0.4) is 0 Å². The van der Waals surface area contributed by atoms with Crippen molar-refractivity contribution >= 4 is 11.5 Å². The molecule has 134 valence electrons. The van der Waals surface area contributed by atoms with E-state index in [1.807, 2.05) is 23.1 Å². The Morgan fingerprint density at radius 3 is 2.31 bits per heavy atom. The molecule has 1 heterocycles. The van der Waals surface area contributed by atoms with Crippen LogP contribution in [-0.2, 0) is 6.18 Å². The third kappa shape index (κ3) is 3.72. The summed E-state index contributed by atoms with van der Waals surface area (Å²) < 4.78 is 39.4. The molecule has 0 unspecified atom stereocenters. The molecule has 0 saturated carbocycles. The topological polar surface area (TPSA) is 44.1 Å². The Bertz CT molecular complexity index is 832. The zero-order chi connectivity index (χ0) is 18.7. The van der Waals surface area contributed by atoms with Gasteiger partial charge in [0.1, 0.15) is 0 Å². The number of piperidine rings is 1. The number of rotatable bonds is 3. The van der Waals surface area contributed by atoms with Gasteiger partial charge in [-0.15, -0.1) is 0 Å². The van der Waals surface area contributed by atoms with Crippen molar-refractivity contribution < 1.29 is 18.0 Å². The van der Waals surface area contributed by atoms with Gasteiger partial charge in [-0.2, -0.15) is 18.4 Å². The number of nitriles is 1. The Kier molecular flexibility index (Phi) is 4.99. The lowest BCUT2D eigenvalue weighted by Gasteiger charge is -2.33. The van der Waals surface area contributed by atoms with Gasteiger partial charge in [-0.05, 0) is 31.0 Å². The predicted octanol–water partition coefficient (Wildman–Crippen LogP) is 4.68. The number of carbonyl (C=O) groups excluding carboxylic acids is 1. The molecule has 1 fully saturated rings. The maximum Gasteiger partial charge on any atom is 0.417 e. The van der Waals surface area contributed by atoms with Crippen LogP contribution >= 0.6 is 0 Å². The second kappa shape index (κ2) is 7.20. The van der Waals surface area contributed by atoms with Gasteiger partial charge in [-0.3, -0.25) is 4.79 Å². The monoisotopic (exact) mass is 358 g/mol. The van der Waals surface area contributed by atoms with Gasteiger partial charge in [-0.1, -0.05) is 30.3 Å². The van der Waals surface area contributed by atoms with Crippen molar-refractivity contribution in [1.29, 1.82) is 5.26 Å². The van der Waals surface area contributed by atoms with Crippen molar-refractivity contribution in [2.75, 3.05) is 18.0 Å². The maximum absolute atomic E-state index is 13.1. The Morgan fingerprint density at radius 1 is 1.08 bits per heavy atom. The summed E-state index contributed by atoms with van der Waals surface area (Å²) in [4.78, 5) is 14.3. The smallest absolute Gasteiger partial charge is 0.371 e. The molecule has 0 aromatic heterocycles. The second-order valence-corrected chi connectivity index (χ2v) is 6.33. The van der Waals surface area contributed by atoms with Crippen molar-refractivity contribution in [1.82, 2.24) is 0 Å². The fourth-order valence-electron chi connectivity index (χ4n) is 3.30. The number of hydrogen-bond donors (Lipinski definition) is 0. The van der Waals surface area contributed by atoms with Gasteiger partial charge < -0.3 is 4.90 Å². The number of anilines is 1. The van der Waals surface area contributed by atoms with Crippen LogP contribution in [0, 0.1) is 17.2 Å². The number of halogens is 3. The minimum atomic E-state index is -4.57. The lowest BCUT2D eigenvalue weighted by Crippen LogP contribution is -2.36. The summed E-state index contributed by atoms with van der Waals surface area (Å²) in [5, 5.41) is 8.89. The Morgan fingerprint density at radius 2 is 1.73 bits per heavy atom. The van der Waals surface area contributed by atoms with Crippen LogP contribution in [0.2, 0.25) is 0 Å². The number of hydrogen-bond acceptors (Lipinski definition) is 3. The zero-order valence-electron chi connectivity index (χ0n) is 14.0. The molecule has 6 heteroatoms. The maximum atomic E-state index is 13.1. The first-order valence-electron chi connectivity index (χ1n) is 8.35. The van der Waals surface area contributed by atoms with E-state index in [4.69, 9.17) is 5.26 Å². The SMILES string of the molecule is N#Cc1ccc(N2CCC(C(=O)c3ccccc3)CC2)cc1C(F)(F)F. The van der Waals surface area contributed by atoms with Gasteiger partial charge >= 0.3 is 6.18 Å². The van der Waals surface area contributed by atoms with Gasteiger partial charge in [-0.25, -0.2) is 0 Å². The van der Waals surface area contributed by atoms with Crippen LogP contribution in [0.15, 0.2) is 48.5 Å². The van der Waals surface area contributed by atoms with E-state index in [9.17, 15) is 18.0 Å². The molecule has 0 radical (unpaired) electrons. The minimum Gasteiger partial charge on any atom is -0.371 e. The molecule has 0 spiro atoms. The van der Waals surface area contributed by atoms with Crippen molar-refractivity contribution in [3.05, 3.63) is 65.2 Å². The van der Waals surface area contributed by atoms with Crippen LogP contribution in [-0.4, -0.2) is 18.9 Å². The highest BCUT2D eigenvalue weighted by Gasteiger charge is 2.34. The van der Waals surface area contributed by atoms with Gasteiger partial charge in [0, 0.05) is 30.3 Å². The van der Waals surface area contributed by atoms with Crippen LogP contribution in [0.5, 0.6) is 0 Å². The van der Waals surface area contributed by atoms with E-state index in [0.29, 0.717) is 37.2 Å². The normalized spacial score (nSPS) is 15.5. The molecule has 0 bridgehead atoms. The van der Waals surface area contributed by atoms with E-state index in [2.05, 4.69) is 0 Å². The van der Waals surface area contributed by atoms with Gasteiger partial charge in [0.15, 0.2) is 5.78 Å². The molecule has 26 heavy (non-hydrogen) atoms. The number of carbonyl (C=O) groups is 1. The zero-order valence-corrected chi connectivity index (χ0v) is 14.0. The standard InChI is InChI=1S/C20H17F3N2O/c21-20(22,23)18-12-17(7-6-16(18)13-24)25-10-8-15(9-11-25)19(26)14-4-2-1-3-5-14/h1-7,12,15H,8-11H2. The summed E-state index contributed by atoms with van der Waals surface area (Å²) in [5.74, 6) is -0.0322. The average molecular weight is 358 g/mol. The van der Waals surface area contributed by atoms with E-state index in [0.717, 1.165) is 6.07 Å². The molecule has 0 amide bonds. The summed E-state index contributed by atoms with van der Waals surface area (Å²) in [7, 11) is 0. The molecule has 1 aliphatic rings. The van der Waals surface area contributed by atoms with Crippen molar-refractivity contribution in [2.45, 2.75) is 19.0 Å². The molecule has 1 aliphatic heterocycles. The van der Waals surface area contributed by atoms with Gasteiger partial charge in [0.2, 0.25) is 0 Å². The second-order valence-electron chi connectivity index (χ2n) is 6.33. The largest absolute Gasteiger partial charge is 0.417 e. The number of benzene rings is 2. The fourth-order valence-corrected chi connectivity index (χ4v) is 3.30. The molecule has 3 nitrogen and oxygen atoms in total. The predicted molar refractivity (Wildman–Crippen MR) is 91.9 cm³/mol. The first-order chi connectivity index (χ1) is 12.4. The van der Waals surface area contributed by atoms with Crippen molar-refractivity contribution in [2.24, 2.45) is 5.92 Å². The molecule has 2 aromatic carbocycles. The first kappa shape index (κ1) is 18.0. The summed E-state index contributed by atoms with van der Waals surface area (Å²) in [6, 6.07) is 14.4. The molecule has 1 saturated heterocycles. The van der Waals surface area contributed by atoms with Gasteiger partial charge in [0.05, 0.1) is 17.2 Å². The quantitative estimate of drug-likeness (QED) is 0.749. The van der Waals surface area contributed by atoms with Crippen LogP contribution in [0.1, 0.15) is 34.3 Å². The minimum absolute atomic E-state index is 0.0843. The molecule has 0 aliphatic carbocycles. The average Bonchev–Trinajstić information content (AvgIpc) is 2.67. The number of ketones is 1. The molecule has 0 N–H and O–H groups in total. The summed E-state index contributed by atoms with van der Waals surface area (Å²) in [6.45, 7) is 1.01. The third-order valence-corrected chi connectivity index (χ3v) is 4.72. The number of nitrogens with zero attached hydrogens (tertiary/aromatic N) is 2. The van der Waals surface area contributed by atoms with E-state index in [-0.39, 0.29) is 17.3 Å². The molecule has 3 rings (SSSR count). The summed E-state index contributed by atoms with van der Waals surface area (Å²) >= 11 is 0. The van der Waals surface area contributed by atoms with Crippen molar-refractivity contribution in [3.63, 3.8) is 0 Å². The van der Waals surface area contributed by atoms with E-state index in [1.165, 1.54) is 12.1 Å². The highest BCUT2D eigenvalue weighted by Crippen LogP contribution is 2.35. The van der Waals surface area contributed by atoms with E-state index < -0.39 is 11.7 Å². The molecule has 0 atom stereocenters. The Balaban J connectivity index is 1.73. The molecular formula is C20H17F3N2O. The van der Waals surface area contributed by atoms with Crippen LogP contribution in [0.4, 0.5) is 18.9 Å². The highest BCUT2D eigenvalue weighted by atomic mass is 19.4. The Hall–Kier alpha value is -2.81.